The lowest BCUT2D eigenvalue weighted by Gasteiger charge is -2.26. The maximum atomic E-state index is 12.8. The van der Waals surface area contributed by atoms with Gasteiger partial charge in [0.05, 0.1) is 12.6 Å². The summed E-state index contributed by atoms with van der Waals surface area (Å²) in [5.74, 6) is -1.08. The Morgan fingerprint density at radius 3 is 2.97 bits per heavy atom. The van der Waals surface area contributed by atoms with Crippen molar-refractivity contribution in [2.75, 3.05) is 32.9 Å². The number of amides is 3. The summed E-state index contributed by atoms with van der Waals surface area (Å²) < 4.78 is 10.6. The molecule has 3 heterocycles. The second-order valence-corrected chi connectivity index (χ2v) is 7.79. The Labute approximate surface area is 175 Å². The number of hydrogen-bond donors (Lipinski definition) is 4. The van der Waals surface area contributed by atoms with Gasteiger partial charge in [-0.3, -0.25) is 14.4 Å². The fourth-order valence-electron chi connectivity index (χ4n) is 3.76. The van der Waals surface area contributed by atoms with Crippen LogP contribution < -0.4 is 16.0 Å². The first-order valence-electron chi connectivity index (χ1n) is 10.6. The van der Waals surface area contributed by atoms with E-state index in [9.17, 15) is 14.4 Å². The minimum Gasteiger partial charge on any atom is -0.396 e. The Balaban J connectivity index is 1.58. The third-order valence-corrected chi connectivity index (χ3v) is 5.57. The first-order valence-corrected chi connectivity index (χ1v) is 10.6. The van der Waals surface area contributed by atoms with Crippen molar-refractivity contribution in [3.05, 3.63) is 17.5 Å². The first kappa shape index (κ1) is 22.2. The van der Waals surface area contributed by atoms with Crippen LogP contribution in [0.3, 0.4) is 0 Å². The highest BCUT2D eigenvalue weighted by Crippen LogP contribution is 2.19. The molecule has 30 heavy (non-hydrogen) atoms. The molecule has 0 bridgehead atoms. The molecule has 10 nitrogen and oxygen atoms in total. The average Bonchev–Trinajstić information content (AvgIpc) is 3.39. The number of ether oxygens (including phenoxy) is 1. The normalized spacial score (nSPS) is 22.8. The second kappa shape index (κ2) is 11.1. The van der Waals surface area contributed by atoms with E-state index in [0.29, 0.717) is 44.8 Å². The topological polar surface area (TPSA) is 143 Å². The van der Waals surface area contributed by atoms with Crippen molar-refractivity contribution in [3.8, 4) is 0 Å². The molecule has 166 valence electrons. The lowest BCUT2D eigenvalue weighted by Crippen LogP contribution is -2.51. The van der Waals surface area contributed by atoms with Gasteiger partial charge in [-0.1, -0.05) is 11.6 Å². The van der Waals surface area contributed by atoms with Crippen LogP contribution in [-0.2, 0) is 20.7 Å². The van der Waals surface area contributed by atoms with E-state index in [1.807, 2.05) is 0 Å². The molecule has 2 saturated heterocycles. The number of aromatic nitrogens is 1. The van der Waals surface area contributed by atoms with Crippen LogP contribution in [0.4, 0.5) is 0 Å². The third-order valence-electron chi connectivity index (χ3n) is 5.57. The van der Waals surface area contributed by atoms with Crippen LogP contribution in [-0.4, -0.2) is 66.9 Å². The highest BCUT2D eigenvalue weighted by molar-refractivity contribution is 6.00. The van der Waals surface area contributed by atoms with Gasteiger partial charge in [0, 0.05) is 44.7 Å². The summed E-state index contributed by atoms with van der Waals surface area (Å²) in [7, 11) is 0. The maximum absolute atomic E-state index is 12.8. The van der Waals surface area contributed by atoms with Crippen LogP contribution in [0.25, 0.3) is 0 Å². The first-order chi connectivity index (χ1) is 14.6. The monoisotopic (exact) mass is 422 g/mol. The zero-order chi connectivity index (χ0) is 21.3. The van der Waals surface area contributed by atoms with E-state index in [2.05, 4.69) is 21.1 Å². The van der Waals surface area contributed by atoms with Crippen molar-refractivity contribution in [1.29, 1.82) is 0 Å². The molecule has 1 aromatic heterocycles. The van der Waals surface area contributed by atoms with Crippen LogP contribution in [0, 0.1) is 11.8 Å². The average molecular weight is 422 g/mol. The number of nitrogens with one attached hydrogen (secondary N) is 3. The quantitative estimate of drug-likeness (QED) is 0.403. The highest BCUT2D eigenvalue weighted by atomic mass is 16.5. The molecular weight excluding hydrogens is 392 g/mol. The van der Waals surface area contributed by atoms with E-state index in [4.69, 9.17) is 14.4 Å². The molecule has 2 fully saturated rings. The number of rotatable bonds is 9. The van der Waals surface area contributed by atoms with E-state index < -0.39 is 11.8 Å². The summed E-state index contributed by atoms with van der Waals surface area (Å²) in [6, 6.07) is 1.20. The summed E-state index contributed by atoms with van der Waals surface area (Å²) in [6.45, 7) is 1.92. The number of carbonyl (C=O) groups excluding carboxylic acids is 3. The number of carbonyl (C=O) groups is 3. The molecule has 0 aromatic carbocycles. The van der Waals surface area contributed by atoms with Gasteiger partial charge < -0.3 is 30.3 Å². The smallest absolute Gasteiger partial charge is 0.273 e. The van der Waals surface area contributed by atoms with Gasteiger partial charge in [0.1, 0.15) is 11.7 Å². The standard InChI is InChI=1S/C20H30N4O6/c25-8-3-4-14-10-16(24-30-14)20(28)22-11-17(13-6-9-29-12-13)23-19(27)15-5-1-2-7-21-18(15)26/h10,13,15,17,25H,1-9,11-12H2,(H,21,26)(H,22,28)(H,23,27). The molecule has 3 amide bonds. The zero-order valence-corrected chi connectivity index (χ0v) is 17.0. The van der Waals surface area contributed by atoms with Crippen molar-refractivity contribution in [3.63, 3.8) is 0 Å². The van der Waals surface area contributed by atoms with Crippen molar-refractivity contribution in [2.24, 2.45) is 11.8 Å². The van der Waals surface area contributed by atoms with Crippen molar-refractivity contribution in [1.82, 2.24) is 21.1 Å². The summed E-state index contributed by atoms with van der Waals surface area (Å²) in [5.41, 5.74) is 0.152. The van der Waals surface area contributed by atoms with E-state index in [-0.39, 0.29) is 42.6 Å². The Kier molecular flexibility index (Phi) is 8.21. The van der Waals surface area contributed by atoms with Gasteiger partial charge >= 0.3 is 0 Å². The van der Waals surface area contributed by atoms with Crippen molar-refractivity contribution < 1.29 is 28.8 Å². The lowest BCUT2D eigenvalue weighted by atomic mass is 9.96. The van der Waals surface area contributed by atoms with Crippen LogP contribution in [0.5, 0.6) is 0 Å². The molecule has 1 aromatic rings. The SMILES string of the molecule is O=C(NCC(NC(=O)C1CCCCNC1=O)C1CCOC1)c1cc(CCCO)on1. The number of aliphatic hydroxyl groups excluding tert-OH is 1. The van der Waals surface area contributed by atoms with Gasteiger partial charge in [0.2, 0.25) is 11.8 Å². The number of nitrogens with zero attached hydrogens (tertiary/aromatic N) is 1. The molecule has 10 heteroatoms. The summed E-state index contributed by atoms with van der Waals surface area (Å²) in [6.07, 6.45) is 4.00. The Morgan fingerprint density at radius 2 is 2.20 bits per heavy atom. The summed E-state index contributed by atoms with van der Waals surface area (Å²) in [5, 5.41) is 21.2. The van der Waals surface area contributed by atoms with Crippen LogP contribution in [0.2, 0.25) is 0 Å². The predicted molar refractivity (Wildman–Crippen MR) is 105 cm³/mol. The van der Waals surface area contributed by atoms with Gasteiger partial charge in [-0.15, -0.1) is 0 Å². The molecule has 0 aliphatic carbocycles. The molecule has 3 atom stereocenters. The van der Waals surface area contributed by atoms with Gasteiger partial charge in [0.25, 0.3) is 5.91 Å². The minimum atomic E-state index is -0.711. The molecule has 3 unspecified atom stereocenters. The minimum absolute atomic E-state index is 0.0338. The molecule has 3 rings (SSSR count). The molecule has 0 radical (unpaired) electrons. The number of aryl methyl sites for hydroxylation is 1. The summed E-state index contributed by atoms with van der Waals surface area (Å²) >= 11 is 0. The van der Waals surface area contributed by atoms with E-state index >= 15 is 0 Å². The van der Waals surface area contributed by atoms with Crippen LogP contribution in [0.15, 0.2) is 10.6 Å². The molecule has 2 aliphatic heterocycles. The molecule has 2 aliphatic rings. The molecule has 4 N–H and O–H groups in total. The maximum Gasteiger partial charge on any atom is 0.273 e. The van der Waals surface area contributed by atoms with Crippen molar-refractivity contribution >= 4 is 17.7 Å². The Bertz CT molecular complexity index is 731. The van der Waals surface area contributed by atoms with Crippen LogP contribution in [0.1, 0.15) is 48.4 Å². The second-order valence-electron chi connectivity index (χ2n) is 7.79. The van der Waals surface area contributed by atoms with E-state index in [1.165, 1.54) is 0 Å². The highest BCUT2D eigenvalue weighted by Gasteiger charge is 2.33. The molecular formula is C20H30N4O6. The third kappa shape index (κ3) is 6.02. The Hall–Kier alpha value is -2.46. The Morgan fingerprint density at radius 1 is 1.33 bits per heavy atom. The largest absolute Gasteiger partial charge is 0.396 e. The van der Waals surface area contributed by atoms with Gasteiger partial charge in [-0.2, -0.15) is 0 Å². The van der Waals surface area contributed by atoms with Gasteiger partial charge in [0.15, 0.2) is 5.69 Å². The number of hydrogen-bond acceptors (Lipinski definition) is 7. The van der Waals surface area contributed by atoms with Gasteiger partial charge in [-0.05, 0) is 25.7 Å². The fourth-order valence-corrected chi connectivity index (χ4v) is 3.76. The lowest BCUT2D eigenvalue weighted by molar-refractivity contribution is -0.135. The van der Waals surface area contributed by atoms with E-state index in [0.717, 1.165) is 19.3 Å². The number of aliphatic hydroxyl groups is 1. The fraction of sp³-hybridized carbons (Fsp3) is 0.700. The van der Waals surface area contributed by atoms with Crippen molar-refractivity contribution in [2.45, 2.75) is 44.6 Å². The van der Waals surface area contributed by atoms with E-state index in [1.54, 1.807) is 6.07 Å². The molecule has 0 spiro atoms. The predicted octanol–water partition coefficient (Wildman–Crippen LogP) is -0.233. The molecule has 0 saturated carbocycles. The van der Waals surface area contributed by atoms with Gasteiger partial charge in [-0.25, -0.2) is 0 Å². The zero-order valence-electron chi connectivity index (χ0n) is 17.0. The van der Waals surface area contributed by atoms with Crippen LogP contribution >= 0.6 is 0 Å². The summed E-state index contributed by atoms with van der Waals surface area (Å²) in [4.78, 5) is 37.4.